The van der Waals surface area contributed by atoms with Crippen LogP contribution in [0.2, 0.25) is 0 Å². The molecule has 0 heterocycles. The van der Waals surface area contributed by atoms with Gasteiger partial charge in [0.25, 0.3) is 0 Å². The SMILES string of the molecule is C#Cc1ccc(OCC(CC)CCCC)cc1OC. The molecule has 0 bridgehead atoms. The molecule has 1 aromatic rings. The third-order valence-corrected chi connectivity index (χ3v) is 3.36. The van der Waals surface area contributed by atoms with E-state index >= 15 is 0 Å². The Kier molecular flexibility index (Phi) is 6.89. The van der Waals surface area contributed by atoms with Gasteiger partial charge in [0.1, 0.15) is 11.5 Å². The Bertz CT molecular complexity index is 418. The number of terminal acetylenes is 1. The van der Waals surface area contributed by atoms with Crippen molar-refractivity contribution in [2.45, 2.75) is 39.5 Å². The van der Waals surface area contributed by atoms with Gasteiger partial charge in [0.2, 0.25) is 0 Å². The fourth-order valence-electron chi connectivity index (χ4n) is 1.99. The van der Waals surface area contributed by atoms with Gasteiger partial charge in [-0.2, -0.15) is 0 Å². The molecule has 104 valence electrons. The van der Waals surface area contributed by atoms with Gasteiger partial charge in [0, 0.05) is 6.07 Å². The Morgan fingerprint density at radius 3 is 2.68 bits per heavy atom. The van der Waals surface area contributed by atoms with E-state index in [-0.39, 0.29) is 0 Å². The molecule has 19 heavy (non-hydrogen) atoms. The van der Waals surface area contributed by atoms with Gasteiger partial charge in [0.15, 0.2) is 0 Å². The third-order valence-electron chi connectivity index (χ3n) is 3.36. The molecule has 0 aliphatic rings. The van der Waals surface area contributed by atoms with E-state index in [0.717, 1.165) is 24.3 Å². The Morgan fingerprint density at radius 1 is 1.32 bits per heavy atom. The van der Waals surface area contributed by atoms with Crippen LogP contribution in [0.4, 0.5) is 0 Å². The summed E-state index contributed by atoms with van der Waals surface area (Å²) in [5, 5.41) is 0. The van der Waals surface area contributed by atoms with Crippen molar-refractivity contribution in [1.82, 2.24) is 0 Å². The molecule has 0 radical (unpaired) electrons. The lowest BCUT2D eigenvalue weighted by Crippen LogP contribution is -2.11. The molecule has 2 nitrogen and oxygen atoms in total. The Morgan fingerprint density at radius 2 is 2.11 bits per heavy atom. The number of ether oxygens (including phenoxy) is 2. The molecule has 1 unspecified atom stereocenters. The summed E-state index contributed by atoms with van der Waals surface area (Å²) in [4.78, 5) is 0. The zero-order valence-corrected chi connectivity index (χ0v) is 12.2. The molecule has 0 saturated carbocycles. The highest BCUT2D eigenvalue weighted by Gasteiger charge is 2.08. The smallest absolute Gasteiger partial charge is 0.138 e. The summed E-state index contributed by atoms with van der Waals surface area (Å²) in [7, 11) is 1.62. The predicted octanol–water partition coefficient (Wildman–Crippen LogP) is 4.27. The van der Waals surface area contributed by atoms with E-state index in [1.54, 1.807) is 7.11 Å². The van der Waals surface area contributed by atoms with Crippen LogP contribution in [0.3, 0.4) is 0 Å². The molecule has 0 spiro atoms. The molecule has 0 aliphatic carbocycles. The molecule has 1 aromatic carbocycles. The number of hydrogen-bond acceptors (Lipinski definition) is 2. The van der Waals surface area contributed by atoms with Crippen LogP contribution < -0.4 is 9.47 Å². The minimum atomic E-state index is 0.623. The molecule has 1 atom stereocenters. The minimum absolute atomic E-state index is 0.623. The molecule has 1 rings (SSSR count). The molecule has 0 amide bonds. The summed E-state index contributed by atoms with van der Waals surface area (Å²) < 4.78 is 11.1. The van der Waals surface area contributed by atoms with E-state index in [2.05, 4.69) is 19.8 Å². The summed E-state index contributed by atoms with van der Waals surface area (Å²) in [6, 6.07) is 5.63. The van der Waals surface area contributed by atoms with Crippen molar-refractivity contribution < 1.29 is 9.47 Å². The van der Waals surface area contributed by atoms with E-state index in [1.165, 1.54) is 19.3 Å². The largest absolute Gasteiger partial charge is 0.495 e. The summed E-state index contributed by atoms with van der Waals surface area (Å²) >= 11 is 0. The van der Waals surface area contributed by atoms with Crippen molar-refractivity contribution in [3.8, 4) is 23.8 Å². The lowest BCUT2D eigenvalue weighted by Gasteiger charge is -2.16. The maximum atomic E-state index is 5.85. The fourth-order valence-corrected chi connectivity index (χ4v) is 1.99. The average Bonchev–Trinajstić information content (AvgIpc) is 2.47. The van der Waals surface area contributed by atoms with Crippen LogP contribution in [0.25, 0.3) is 0 Å². The van der Waals surface area contributed by atoms with Crippen LogP contribution in [0.5, 0.6) is 11.5 Å². The highest BCUT2D eigenvalue weighted by atomic mass is 16.5. The van der Waals surface area contributed by atoms with Crippen molar-refractivity contribution in [3.05, 3.63) is 23.8 Å². The zero-order valence-electron chi connectivity index (χ0n) is 12.2. The van der Waals surface area contributed by atoms with Crippen LogP contribution in [0, 0.1) is 18.3 Å². The van der Waals surface area contributed by atoms with E-state index in [4.69, 9.17) is 15.9 Å². The first kappa shape index (κ1) is 15.4. The normalized spacial score (nSPS) is 11.7. The summed E-state index contributed by atoms with van der Waals surface area (Å²) in [5.74, 6) is 4.74. The standard InChI is InChI=1S/C17H24O2/c1-5-8-9-14(6-2)13-19-16-11-10-15(7-3)17(12-16)18-4/h3,10-12,14H,5-6,8-9,13H2,1-2,4H3. The highest BCUT2D eigenvalue weighted by Crippen LogP contribution is 2.25. The number of benzene rings is 1. The molecular weight excluding hydrogens is 236 g/mol. The van der Waals surface area contributed by atoms with Crippen molar-refractivity contribution in [2.24, 2.45) is 5.92 Å². The van der Waals surface area contributed by atoms with Crippen molar-refractivity contribution >= 4 is 0 Å². The first-order valence-electron chi connectivity index (χ1n) is 7.02. The second-order valence-corrected chi connectivity index (χ2v) is 4.73. The minimum Gasteiger partial charge on any atom is -0.495 e. The fraction of sp³-hybridized carbons (Fsp3) is 0.529. The first-order chi connectivity index (χ1) is 9.24. The number of unbranched alkanes of at least 4 members (excludes halogenated alkanes) is 1. The second-order valence-electron chi connectivity index (χ2n) is 4.73. The van der Waals surface area contributed by atoms with Gasteiger partial charge in [-0.3, -0.25) is 0 Å². The number of methoxy groups -OCH3 is 1. The van der Waals surface area contributed by atoms with Gasteiger partial charge in [-0.1, -0.05) is 39.0 Å². The van der Waals surface area contributed by atoms with E-state index in [9.17, 15) is 0 Å². The molecule has 0 N–H and O–H groups in total. The monoisotopic (exact) mass is 260 g/mol. The Hall–Kier alpha value is -1.62. The molecule has 2 heteroatoms. The molecule has 0 aromatic heterocycles. The number of rotatable bonds is 8. The van der Waals surface area contributed by atoms with Gasteiger partial charge in [0.05, 0.1) is 19.3 Å². The van der Waals surface area contributed by atoms with Crippen molar-refractivity contribution in [3.63, 3.8) is 0 Å². The van der Waals surface area contributed by atoms with Crippen LogP contribution in [0.15, 0.2) is 18.2 Å². The van der Waals surface area contributed by atoms with Gasteiger partial charge in [-0.25, -0.2) is 0 Å². The molecule has 0 aliphatic heterocycles. The van der Waals surface area contributed by atoms with Gasteiger partial charge >= 0.3 is 0 Å². The Balaban J connectivity index is 2.59. The summed E-state index contributed by atoms with van der Waals surface area (Å²) in [5.41, 5.74) is 0.757. The second kappa shape index (κ2) is 8.48. The molecular formula is C17H24O2. The summed E-state index contributed by atoms with van der Waals surface area (Å²) in [6.07, 6.45) is 10.3. The maximum absolute atomic E-state index is 5.85. The quantitative estimate of drug-likeness (QED) is 0.650. The third kappa shape index (κ3) is 4.87. The van der Waals surface area contributed by atoms with Gasteiger partial charge in [-0.05, 0) is 24.5 Å². The van der Waals surface area contributed by atoms with E-state index in [0.29, 0.717) is 11.7 Å². The highest BCUT2D eigenvalue weighted by molar-refractivity contribution is 5.48. The topological polar surface area (TPSA) is 18.5 Å². The molecule has 0 fully saturated rings. The van der Waals surface area contributed by atoms with Gasteiger partial charge in [-0.15, -0.1) is 6.42 Å². The summed E-state index contributed by atoms with van der Waals surface area (Å²) in [6.45, 7) is 5.19. The first-order valence-corrected chi connectivity index (χ1v) is 7.02. The van der Waals surface area contributed by atoms with Crippen LogP contribution in [0.1, 0.15) is 45.1 Å². The molecule has 0 saturated heterocycles. The van der Waals surface area contributed by atoms with Crippen molar-refractivity contribution in [1.29, 1.82) is 0 Å². The average molecular weight is 260 g/mol. The van der Waals surface area contributed by atoms with Crippen LogP contribution in [-0.4, -0.2) is 13.7 Å². The number of hydrogen-bond donors (Lipinski definition) is 0. The van der Waals surface area contributed by atoms with Gasteiger partial charge < -0.3 is 9.47 Å². The van der Waals surface area contributed by atoms with Crippen LogP contribution in [-0.2, 0) is 0 Å². The van der Waals surface area contributed by atoms with E-state index in [1.807, 2.05) is 18.2 Å². The van der Waals surface area contributed by atoms with Crippen molar-refractivity contribution in [2.75, 3.05) is 13.7 Å². The lowest BCUT2D eigenvalue weighted by molar-refractivity contribution is 0.232. The maximum Gasteiger partial charge on any atom is 0.138 e. The van der Waals surface area contributed by atoms with E-state index < -0.39 is 0 Å². The lowest BCUT2D eigenvalue weighted by atomic mass is 10.0. The zero-order chi connectivity index (χ0) is 14.1. The Labute approximate surface area is 117 Å². The predicted molar refractivity (Wildman–Crippen MR) is 79.7 cm³/mol. The van der Waals surface area contributed by atoms with Crippen LogP contribution >= 0.6 is 0 Å².